The third kappa shape index (κ3) is 6.01. The molecule has 0 radical (unpaired) electrons. The Morgan fingerprint density at radius 3 is 2.46 bits per heavy atom. The second kappa shape index (κ2) is 12.0. The lowest BCUT2D eigenvalue weighted by molar-refractivity contribution is -0.133. The van der Waals surface area contributed by atoms with E-state index in [0.717, 1.165) is 37.3 Å². The van der Waals surface area contributed by atoms with E-state index in [0.29, 0.717) is 50.1 Å². The highest BCUT2D eigenvalue weighted by Crippen LogP contribution is 2.37. The van der Waals surface area contributed by atoms with Gasteiger partial charge < -0.3 is 9.80 Å². The number of anilines is 1. The number of aryl methyl sites for hydroxylation is 1. The molecule has 2 aromatic rings. The number of alkyl halides is 1. The number of hydrogen-bond donors (Lipinski definition) is 0. The molecule has 3 aliphatic rings. The molecule has 0 saturated carbocycles. The molecule has 0 spiro atoms. The molecule has 5 rings (SSSR count). The van der Waals surface area contributed by atoms with Crippen molar-refractivity contribution < 1.29 is 9.18 Å². The van der Waals surface area contributed by atoms with E-state index in [2.05, 4.69) is 26.7 Å². The van der Waals surface area contributed by atoms with Crippen LogP contribution in [0.5, 0.6) is 0 Å². The van der Waals surface area contributed by atoms with E-state index in [-0.39, 0.29) is 36.6 Å². The first-order chi connectivity index (χ1) is 16.0. The topological polar surface area (TPSA) is 52.6 Å². The molecule has 3 heterocycles. The van der Waals surface area contributed by atoms with Crippen molar-refractivity contribution in [2.75, 3.05) is 50.7 Å². The number of carbonyl (C=O) groups is 1. The third-order valence-electron chi connectivity index (χ3n) is 7.37. The number of fused-ring (bicyclic) bond motifs is 1. The van der Waals surface area contributed by atoms with Gasteiger partial charge in [0.15, 0.2) is 0 Å². The Hall–Kier alpha value is -1.67. The molecule has 35 heavy (non-hydrogen) atoms. The summed E-state index contributed by atoms with van der Waals surface area (Å²) in [6.45, 7) is 6.71. The van der Waals surface area contributed by atoms with Gasteiger partial charge in [-0.3, -0.25) is 9.69 Å². The summed E-state index contributed by atoms with van der Waals surface area (Å²) in [4.78, 5) is 29.1. The first-order valence-electron chi connectivity index (χ1n) is 12.0. The zero-order chi connectivity index (χ0) is 22.9. The standard InChI is InChI=1S/C25H31ClFN5O.2ClH/c1-17-2-7-22-23(17)24(29-16-28-22)31-10-12-32(13-11-31)25(33)21(15-30-9-8-20(27)14-30)18-3-5-19(26)6-4-18;;/h3-6,16-17,20-21H,2,7-15H2,1H3;2*1H/t17-,20+,21-;;/m1../s1. The summed E-state index contributed by atoms with van der Waals surface area (Å²) in [5, 5.41) is 0.648. The van der Waals surface area contributed by atoms with Gasteiger partial charge in [0, 0.05) is 62.1 Å². The van der Waals surface area contributed by atoms with Crippen LogP contribution in [0.3, 0.4) is 0 Å². The van der Waals surface area contributed by atoms with Crippen molar-refractivity contribution in [3.8, 4) is 0 Å². The largest absolute Gasteiger partial charge is 0.353 e. The summed E-state index contributed by atoms with van der Waals surface area (Å²) in [5.41, 5.74) is 3.40. The summed E-state index contributed by atoms with van der Waals surface area (Å²) in [7, 11) is 0. The summed E-state index contributed by atoms with van der Waals surface area (Å²) in [5.74, 6) is 1.31. The predicted molar refractivity (Wildman–Crippen MR) is 142 cm³/mol. The number of rotatable bonds is 5. The number of likely N-dealkylation sites (tertiary alicyclic amines) is 1. The highest BCUT2D eigenvalue weighted by Gasteiger charge is 2.34. The number of aromatic nitrogens is 2. The monoisotopic (exact) mass is 543 g/mol. The predicted octanol–water partition coefficient (Wildman–Crippen LogP) is 4.50. The van der Waals surface area contributed by atoms with Crippen LogP contribution in [0.4, 0.5) is 10.2 Å². The average molecular weight is 545 g/mol. The van der Waals surface area contributed by atoms with Gasteiger partial charge in [0.1, 0.15) is 18.3 Å². The first kappa shape index (κ1) is 27.9. The van der Waals surface area contributed by atoms with Gasteiger partial charge in [0.2, 0.25) is 5.91 Å². The fourth-order valence-electron chi connectivity index (χ4n) is 5.46. The molecule has 2 saturated heterocycles. The van der Waals surface area contributed by atoms with Crippen LogP contribution in [0.25, 0.3) is 0 Å². The lowest BCUT2D eigenvalue weighted by atomic mass is 9.96. The van der Waals surface area contributed by atoms with Gasteiger partial charge in [-0.05, 0) is 42.9 Å². The number of amides is 1. The Kier molecular flexibility index (Phi) is 9.60. The number of piperazine rings is 1. The fourth-order valence-corrected chi connectivity index (χ4v) is 5.59. The van der Waals surface area contributed by atoms with Gasteiger partial charge in [-0.1, -0.05) is 30.7 Å². The SMILES string of the molecule is C[C@@H]1CCc2ncnc(N3CCN(C(=O)[C@H](CN4CC[C@H](F)C4)c4ccc(Cl)cc4)CC3)c21.Cl.Cl. The van der Waals surface area contributed by atoms with E-state index in [1.165, 1.54) is 11.3 Å². The van der Waals surface area contributed by atoms with Crippen LogP contribution in [0, 0.1) is 0 Å². The molecule has 2 fully saturated rings. The molecular formula is C25H33Cl3FN5O. The highest BCUT2D eigenvalue weighted by molar-refractivity contribution is 6.30. The Labute approximate surface area is 224 Å². The molecule has 1 aromatic heterocycles. The van der Waals surface area contributed by atoms with E-state index in [4.69, 9.17) is 11.6 Å². The minimum absolute atomic E-state index is 0. The molecule has 6 nitrogen and oxygen atoms in total. The lowest BCUT2D eigenvalue weighted by Gasteiger charge is -2.38. The third-order valence-corrected chi connectivity index (χ3v) is 7.62. The number of nitrogens with zero attached hydrogens (tertiary/aromatic N) is 5. The molecule has 1 aromatic carbocycles. The molecule has 2 aliphatic heterocycles. The van der Waals surface area contributed by atoms with Crippen molar-refractivity contribution >= 4 is 48.1 Å². The van der Waals surface area contributed by atoms with Crippen LogP contribution in [-0.2, 0) is 11.2 Å². The highest BCUT2D eigenvalue weighted by atomic mass is 35.5. The minimum atomic E-state index is -0.800. The molecule has 0 unspecified atom stereocenters. The van der Waals surface area contributed by atoms with E-state index >= 15 is 0 Å². The molecule has 0 bridgehead atoms. The molecule has 192 valence electrons. The molecule has 0 N–H and O–H groups in total. The maximum atomic E-state index is 13.8. The molecule has 3 atom stereocenters. The Balaban J connectivity index is 0.00000171. The van der Waals surface area contributed by atoms with E-state index in [1.807, 2.05) is 29.2 Å². The van der Waals surface area contributed by atoms with Crippen LogP contribution in [0.1, 0.15) is 48.4 Å². The molecule has 10 heteroatoms. The maximum absolute atomic E-state index is 13.8. The van der Waals surface area contributed by atoms with Gasteiger partial charge >= 0.3 is 0 Å². The lowest BCUT2D eigenvalue weighted by Crippen LogP contribution is -2.51. The van der Waals surface area contributed by atoms with Crippen molar-refractivity contribution in [2.24, 2.45) is 0 Å². The summed E-state index contributed by atoms with van der Waals surface area (Å²) in [6, 6.07) is 7.51. The van der Waals surface area contributed by atoms with Crippen LogP contribution in [0.2, 0.25) is 5.02 Å². The van der Waals surface area contributed by atoms with Crippen molar-refractivity contribution in [2.45, 2.75) is 44.2 Å². The first-order valence-corrected chi connectivity index (χ1v) is 12.4. The quantitative estimate of drug-likeness (QED) is 0.555. The van der Waals surface area contributed by atoms with Crippen LogP contribution < -0.4 is 4.90 Å². The van der Waals surface area contributed by atoms with E-state index in [9.17, 15) is 9.18 Å². The van der Waals surface area contributed by atoms with E-state index in [1.54, 1.807) is 6.33 Å². The van der Waals surface area contributed by atoms with Crippen LogP contribution >= 0.6 is 36.4 Å². The van der Waals surface area contributed by atoms with Crippen molar-refractivity contribution in [3.63, 3.8) is 0 Å². The number of benzene rings is 1. The molecule has 1 amide bonds. The van der Waals surface area contributed by atoms with Gasteiger partial charge in [-0.2, -0.15) is 0 Å². The number of carbonyl (C=O) groups excluding carboxylic acids is 1. The minimum Gasteiger partial charge on any atom is -0.353 e. The van der Waals surface area contributed by atoms with Crippen molar-refractivity contribution in [3.05, 3.63) is 52.4 Å². The summed E-state index contributed by atoms with van der Waals surface area (Å²) < 4.78 is 13.8. The summed E-state index contributed by atoms with van der Waals surface area (Å²) in [6.07, 6.45) is 3.56. The van der Waals surface area contributed by atoms with E-state index < -0.39 is 6.17 Å². The summed E-state index contributed by atoms with van der Waals surface area (Å²) >= 11 is 6.09. The Bertz CT molecular complexity index is 1000. The van der Waals surface area contributed by atoms with Crippen molar-refractivity contribution in [1.29, 1.82) is 0 Å². The van der Waals surface area contributed by atoms with Crippen LogP contribution in [0.15, 0.2) is 30.6 Å². The average Bonchev–Trinajstić information content (AvgIpc) is 3.43. The van der Waals surface area contributed by atoms with Gasteiger partial charge in [0.05, 0.1) is 5.92 Å². The maximum Gasteiger partial charge on any atom is 0.231 e. The molecule has 1 aliphatic carbocycles. The smallest absolute Gasteiger partial charge is 0.231 e. The van der Waals surface area contributed by atoms with Crippen molar-refractivity contribution in [1.82, 2.24) is 19.8 Å². The van der Waals surface area contributed by atoms with Crippen LogP contribution in [-0.4, -0.2) is 77.7 Å². The Morgan fingerprint density at radius 2 is 1.80 bits per heavy atom. The number of halogens is 4. The molecular weight excluding hydrogens is 512 g/mol. The van der Waals surface area contributed by atoms with Gasteiger partial charge in [0.25, 0.3) is 0 Å². The zero-order valence-electron chi connectivity index (χ0n) is 19.9. The van der Waals surface area contributed by atoms with Gasteiger partial charge in [-0.15, -0.1) is 24.8 Å². The zero-order valence-corrected chi connectivity index (χ0v) is 22.3. The van der Waals surface area contributed by atoms with Gasteiger partial charge in [-0.25, -0.2) is 14.4 Å². The fraction of sp³-hybridized carbons (Fsp3) is 0.560. The second-order valence-electron chi connectivity index (χ2n) is 9.56. The second-order valence-corrected chi connectivity index (χ2v) is 10.00. The number of hydrogen-bond acceptors (Lipinski definition) is 5. The normalized spacial score (nSPS) is 22.8. The Morgan fingerprint density at radius 1 is 1.09 bits per heavy atom.